The maximum Gasteiger partial charge on any atom is 0.263 e. The Hall–Kier alpha value is -3.45. The van der Waals surface area contributed by atoms with Gasteiger partial charge in [0.15, 0.2) is 5.16 Å². The molecule has 0 atom stereocenters. The molecule has 0 saturated carbocycles. The number of nitrogens with zero attached hydrogens (tertiary/aromatic N) is 4. The number of halogens is 1. The number of rotatable bonds is 5. The molecule has 0 radical (unpaired) electrons. The molecule has 2 aromatic heterocycles. The molecule has 0 spiro atoms. The van der Waals surface area contributed by atoms with Crippen LogP contribution in [0.1, 0.15) is 11.1 Å². The average molecular weight is 416 g/mol. The van der Waals surface area contributed by atoms with Gasteiger partial charge >= 0.3 is 0 Å². The lowest BCUT2D eigenvalue weighted by atomic mass is 10.2. The molecule has 5 rings (SSSR count). The lowest BCUT2D eigenvalue weighted by Gasteiger charge is -2.11. The molecule has 0 aliphatic heterocycles. The van der Waals surface area contributed by atoms with Crippen LogP contribution in [-0.4, -0.2) is 19.2 Å². The molecule has 0 unspecified atom stereocenters. The van der Waals surface area contributed by atoms with Gasteiger partial charge < -0.3 is 0 Å². The third kappa shape index (κ3) is 3.37. The van der Waals surface area contributed by atoms with Crippen LogP contribution in [0.4, 0.5) is 4.39 Å². The fourth-order valence-corrected chi connectivity index (χ4v) is 4.39. The first-order valence-electron chi connectivity index (χ1n) is 9.48. The summed E-state index contributed by atoms with van der Waals surface area (Å²) in [5, 5.41) is 9.95. The molecule has 0 fully saturated rings. The van der Waals surface area contributed by atoms with Gasteiger partial charge in [0.2, 0.25) is 5.78 Å². The molecule has 0 saturated heterocycles. The molecule has 30 heavy (non-hydrogen) atoms. The number of aromatic nitrogens is 4. The lowest BCUT2D eigenvalue weighted by molar-refractivity contribution is 0.626. The molecule has 3 aromatic carbocycles. The fourth-order valence-electron chi connectivity index (χ4n) is 3.51. The Kier molecular flexibility index (Phi) is 4.80. The van der Waals surface area contributed by atoms with Crippen LogP contribution < -0.4 is 5.56 Å². The quantitative estimate of drug-likeness (QED) is 0.395. The molecule has 2 heterocycles. The summed E-state index contributed by atoms with van der Waals surface area (Å²) >= 11 is 1.46. The molecule has 0 aliphatic rings. The van der Waals surface area contributed by atoms with Crippen LogP contribution in [-0.2, 0) is 12.3 Å². The van der Waals surface area contributed by atoms with E-state index in [4.69, 9.17) is 0 Å². The molecule has 5 aromatic rings. The van der Waals surface area contributed by atoms with Crippen LogP contribution in [0.25, 0.3) is 16.7 Å². The van der Waals surface area contributed by atoms with Crippen molar-refractivity contribution in [3.63, 3.8) is 0 Å². The second-order valence-corrected chi connectivity index (χ2v) is 7.87. The molecular weight excluding hydrogens is 399 g/mol. The molecule has 0 N–H and O–H groups in total. The minimum atomic E-state index is -0.263. The number of hydrogen-bond donors (Lipinski definition) is 0. The molecule has 0 amide bonds. The first-order chi connectivity index (χ1) is 14.7. The van der Waals surface area contributed by atoms with Gasteiger partial charge in [-0.25, -0.2) is 4.39 Å². The SMILES string of the molecule is O=c1c2ccccc2n2c(SCc3cccc(F)c3)nnc2n1Cc1ccccc1. The number of benzene rings is 3. The summed E-state index contributed by atoms with van der Waals surface area (Å²) in [5.74, 6) is 0.774. The number of para-hydroxylation sites is 1. The van der Waals surface area contributed by atoms with E-state index in [1.165, 1.54) is 23.9 Å². The van der Waals surface area contributed by atoms with Gasteiger partial charge in [0.05, 0.1) is 17.4 Å². The maximum atomic E-state index is 13.5. The van der Waals surface area contributed by atoms with E-state index in [0.29, 0.717) is 28.6 Å². The summed E-state index contributed by atoms with van der Waals surface area (Å²) in [7, 11) is 0. The van der Waals surface area contributed by atoms with Gasteiger partial charge in [-0.3, -0.25) is 13.8 Å². The molecule has 148 valence electrons. The van der Waals surface area contributed by atoms with Crippen molar-refractivity contribution in [3.8, 4) is 0 Å². The first kappa shape index (κ1) is 18.6. The Balaban J connectivity index is 1.64. The molecular formula is C23H17FN4OS. The Morgan fingerprint density at radius 1 is 0.867 bits per heavy atom. The monoisotopic (exact) mass is 416 g/mol. The number of thioether (sulfide) groups is 1. The summed E-state index contributed by atoms with van der Waals surface area (Å²) in [6.45, 7) is 0.403. The maximum absolute atomic E-state index is 13.5. The molecule has 7 heteroatoms. The third-order valence-corrected chi connectivity index (χ3v) is 5.92. The molecule has 0 aliphatic carbocycles. The van der Waals surface area contributed by atoms with Crippen molar-refractivity contribution in [1.82, 2.24) is 19.2 Å². The van der Waals surface area contributed by atoms with Crippen LogP contribution in [0, 0.1) is 5.82 Å². The highest BCUT2D eigenvalue weighted by Crippen LogP contribution is 2.25. The molecule has 5 nitrogen and oxygen atoms in total. The van der Waals surface area contributed by atoms with Crippen molar-refractivity contribution in [2.75, 3.05) is 0 Å². The Morgan fingerprint density at radius 3 is 2.47 bits per heavy atom. The number of hydrogen-bond acceptors (Lipinski definition) is 4. The van der Waals surface area contributed by atoms with Gasteiger partial charge in [0, 0.05) is 5.75 Å². The molecule has 0 bridgehead atoms. The standard InChI is InChI=1S/C23H17FN4OS/c24-18-10-6-9-17(13-18)15-30-23-26-25-22-27(14-16-7-2-1-3-8-16)21(29)19-11-4-5-12-20(19)28(22)23/h1-13H,14-15H2. The van der Waals surface area contributed by atoms with Crippen LogP contribution in [0.15, 0.2) is 88.8 Å². The van der Waals surface area contributed by atoms with Crippen LogP contribution in [0.2, 0.25) is 0 Å². The zero-order chi connectivity index (χ0) is 20.5. The van der Waals surface area contributed by atoms with Gasteiger partial charge in [-0.05, 0) is 35.4 Å². The predicted molar refractivity (Wildman–Crippen MR) is 116 cm³/mol. The third-order valence-electron chi connectivity index (χ3n) is 4.92. The van der Waals surface area contributed by atoms with Crippen LogP contribution >= 0.6 is 11.8 Å². The zero-order valence-electron chi connectivity index (χ0n) is 15.9. The Labute approximate surface area is 175 Å². The summed E-state index contributed by atoms with van der Waals surface area (Å²) < 4.78 is 17.1. The van der Waals surface area contributed by atoms with Gasteiger partial charge in [-0.1, -0.05) is 66.4 Å². The fraction of sp³-hybridized carbons (Fsp3) is 0.0870. The van der Waals surface area contributed by atoms with E-state index < -0.39 is 0 Å². The largest absolute Gasteiger partial charge is 0.272 e. The highest BCUT2D eigenvalue weighted by atomic mass is 32.2. The van der Waals surface area contributed by atoms with E-state index in [1.807, 2.05) is 65.1 Å². The van der Waals surface area contributed by atoms with Gasteiger partial charge in [0.25, 0.3) is 5.56 Å². The first-order valence-corrected chi connectivity index (χ1v) is 10.5. The topological polar surface area (TPSA) is 52.2 Å². The van der Waals surface area contributed by atoms with Crippen molar-refractivity contribution in [2.24, 2.45) is 0 Å². The Bertz CT molecular complexity index is 1410. The van der Waals surface area contributed by atoms with Crippen molar-refractivity contribution in [3.05, 3.63) is 106 Å². The highest BCUT2D eigenvalue weighted by Gasteiger charge is 2.17. The van der Waals surface area contributed by atoms with E-state index in [9.17, 15) is 9.18 Å². The average Bonchev–Trinajstić information content (AvgIpc) is 3.20. The van der Waals surface area contributed by atoms with Crippen molar-refractivity contribution < 1.29 is 4.39 Å². The highest BCUT2D eigenvalue weighted by molar-refractivity contribution is 7.98. The van der Waals surface area contributed by atoms with E-state index >= 15 is 0 Å². The van der Waals surface area contributed by atoms with Crippen LogP contribution in [0.5, 0.6) is 0 Å². The minimum Gasteiger partial charge on any atom is -0.272 e. The van der Waals surface area contributed by atoms with Gasteiger partial charge in [-0.2, -0.15) is 0 Å². The van der Waals surface area contributed by atoms with Crippen molar-refractivity contribution in [1.29, 1.82) is 0 Å². The van der Waals surface area contributed by atoms with Gasteiger partial charge in [-0.15, -0.1) is 10.2 Å². The van der Waals surface area contributed by atoms with E-state index in [-0.39, 0.29) is 11.4 Å². The smallest absolute Gasteiger partial charge is 0.263 e. The van der Waals surface area contributed by atoms with E-state index in [1.54, 1.807) is 10.6 Å². The summed E-state index contributed by atoms with van der Waals surface area (Å²) in [6, 6.07) is 23.8. The van der Waals surface area contributed by atoms with Crippen LogP contribution in [0.3, 0.4) is 0 Å². The predicted octanol–water partition coefficient (Wildman–Crippen LogP) is 4.52. The van der Waals surface area contributed by atoms with Gasteiger partial charge in [0.1, 0.15) is 5.82 Å². The Morgan fingerprint density at radius 2 is 1.63 bits per heavy atom. The van der Waals surface area contributed by atoms with E-state index in [2.05, 4.69) is 10.2 Å². The summed E-state index contributed by atoms with van der Waals surface area (Å²) in [6.07, 6.45) is 0. The summed E-state index contributed by atoms with van der Waals surface area (Å²) in [4.78, 5) is 13.2. The lowest BCUT2D eigenvalue weighted by Crippen LogP contribution is -2.24. The normalized spacial score (nSPS) is 11.4. The van der Waals surface area contributed by atoms with Crippen molar-refractivity contribution >= 4 is 28.4 Å². The van der Waals surface area contributed by atoms with Crippen molar-refractivity contribution in [2.45, 2.75) is 17.5 Å². The van der Waals surface area contributed by atoms with E-state index in [0.717, 1.165) is 16.6 Å². The summed E-state index contributed by atoms with van der Waals surface area (Å²) in [5.41, 5.74) is 2.52. The zero-order valence-corrected chi connectivity index (χ0v) is 16.7. The second-order valence-electron chi connectivity index (χ2n) is 6.93. The second kappa shape index (κ2) is 7.76. The minimum absolute atomic E-state index is 0.101. The number of fused-ring (bicyclic) bond motifs is 3.